The molecule has 170 valence electrons. The summed E-state index contributed by atoms with van der Waals surface area (Å²) in [7, 11) is 0. The van der Waals surface area contributed by atoms with Gasteiger partial charge < -0.3 is 15.0 Å². The fourth-order valence-electron chi connectivity index (χ4n) is 3.08. The second-order valence-corrected chi connectivity index (χ2v) is 7.20. The number of nitrogens with zero attached hydrogens (tertiary/aromatic N) is 1. The maximum atomic E-state index is 12.8. The number of ether oxygens (including phenoxy) is 1. The normalized spacial score (nSPS) is 10.8. The molecule has 0 atom stereocenters. The van der Waals surface area contributed by atoms with Gasteiger partial charge in [0.2, 0.25) is 0 Å². The number of aromatic nitrogens is 2. The van der Waals surface area contributed by atoms with E-state index in [2.05, 4.69) is 27.1 Å². The third-order valence-corrected chi connectivity index (χ3v) is 4.77. The third-order valence-electron chi connectivity index (χ3n) is 4.77. The van der Waals surface area contributed by atoms with Gasteiger partial charge in [0, 0.05) is 29.4 Å². The van der Waals surface area contributed by atoms with Crippen molar-refractivity contribution in [2.45, 2.75) is 12.8 Å². The SMILES string of the molecule is O=C(C#Cc1ccccc1)Nc1cc(-c2ncc[nH]2)ccc1OCc1ccc(C(F)(F)F)cc1. The molecule has 0 unspecified atom stereocenters. The predicted octanol–water partition coefficient (Wildman–Crippen LogP) is 5.66. The van der Waals surface area contributed by atoms with Gasteiger partial charge >= 0.3 is 12.1 Å². The largest absolute Gasteiger partial charge is 0.487 e. The monoisotopic (exact) mass is 461 g/mol. The van der Waals surface area contributed by atoms with E-state index in [9.17, 15) is 18.0 Å². The number of rotatable bonds is 5. The number of H-pyrrole nitrogens is 1. The smallest absolute Gasteiger partial charge is 0.416 e. The molecule has 0 saturated carbocycles. The summed E-state index contributed by atoms with van der Waals surface area (Å²) in [5.74, 6) is 5.72. The summed E-state index contributed by atoms with van der Waals surface area (Å²) in [6.45, 7) is 0.0107. The summed E-state index contributed by atoms with van der Waals surface area (Å²) < 4.78 is 44.2. The first kappa shape index (κ1) is 22.7. The highest BCUT2D eigenvalue weighted by molar-refractivity contribution is 6.05. The van der Waals surface area contributed by atoms with Crippen LogP contribution >= 0.6 is 0 Å². The zero-order valence-electron chi connectivity index (χ0n) is 17.7. The molecule has 3 aromatic carbocycles. The second kappa shape index (κ2) is 9.96. The van der Waals surface area contributed by atoms with Crippen LogP contribution in [0.25, 0.3) is 11.4 Å². The van der Waals surface area contributed by atoms with E-state index in [-0.39, 0.29) is 6.61 Å². The maximum Gasteiger partial charge on any atom is 0.416 e. The molecule has 0 aliphatic carbocycles. The molecule has 8 heteroatoms. The van der Waals surface area contributed by atoms with Crippen molar-refractivity contribution in [3.63, 3.8) is 0 Å². The van der Waals surface area contributed by atoms with Gasteiger partial charge in [-0.25, -0.2) is 4.98 Å². The molecule has 0 spiro atoms. The lowest BCUT2D eigenvalue weighted by molar-refractivity contribution is -0.137. The van der Waals surface area contributed by atoms with Crippen LogP contribution in [0, 0.1) is 11.8 Å². The van der Waals surface area contributed by atoms with Crippen molar-refractivity contribution >= 4 is 11.6 Å². The lowest BCUT2D eigenvalue weighted by atomic mass is 10.1. The molecule has 4 aromatic rings. The Bertz CT molecular complexity index is 1320. The minimum atomic E-state index is -4.40. The quantitative estimate of drug-likeness (QED) is 0.377. The van der Waals surface area contributed by atoms with Crippen molar-refractivity contribution in [1.82, 2.24) is 9.97 Å². The number of alkyl halides is 3. The summed E-state index contributed by atoms with van der Waals surface area (Å²) in [5, 5.41) is 2.72. The average molecular weight is 461 g/mol. The summed E-state index contributed by atoms with van der Waals surface area (Å²) >= 11 is 0. The van der Waals surface area contributed by atoms with Crippen LogP contribution in [0.1, 0.15) is 16.7 Å². The second-order valence-electron chi connectivity index (χ2n) is 7.20. The van der Waals surface area contributed by atoms with Crippen molar-refractivity contribution in [1.29, 1.82) is 0 Å². The van der Waals surface area contributed by atoms with Gasteiger partial charge in [0.1, 0.15) is 18.2 Å². The maximum absolute atomic E-state index is 12.8. The number of aromatic amines is 1. The van der Waals surface area contributed by atoms with Crippen LogP contribution in [0.3, 0.4) is 0 Å². The number of carbonyl (C=O) groups is 1. The zero-order valence-corrected chi connectivity index (χ0v) is 17.7. The predicted molar refractivity (Wildman–Crippen MR) is 122 cm³/mol. The number of nitrogens with one attached hydrogen (secondary N) is 2. The molecule has 4 rings (SSSR count). The number of amides is 1. The van der Waals surface area contributed by atoms with Gasteiger partial charge in [0.25, 0.3) is 0 Å². The van der Waals surface area contributed by atoms with Crippen molar-refractivity contribution in [2.24, 2.45) is 0 Å². The lowest BCUT2D eigenvalue weighted by Gasteiger charge is -2.13. The Labute approximate surface area is 193 Å². The van der Waals surface area contributed by atoms with Crippen molar-refractivity contribution in [3.8, 4) is 29.0 Å². The van der Waals surface area contributed by atoms with E-state index in [1.165, 1.54) is 12.1 Å². The Morgan fingerprint density at radius 1 is 1.03 bits per heavy atom. The van der Waals surface area contributed by atoms with E-state index in [0.717, 1.165) is 12.1 Å². The molecule has 1 amide bonds. The lowest BCUT2D eigenvalue weighted by Crippen LogP contribution is -2.10. The molecular formula is C26H18F3N3O2. The Hall–Kier alpha value is -4.51. The van der Waals surface area contributed by atoms with Gasteiger partial charge in [-0.05, 0) is 48.0 Å². The van der Waals surface area contributed by atoms with Gasteiger partial charge in [-0.15, -0.1) is 0 Å². The van der Waals surface area contributed by atoms with E-state index in [1.807, 2.05) is 18.2 Å². The zero-order chi connectivity index (χ0) is 24.0. The fraction of sp³-hybridized carbons (Fsp3) is 0.0769. The molecule has 34 heavy (non-hydrogen) atoms. The number of anilines is 1. The number of benzene rings is 3. The Balaban J connectivity index is 1.54. The average Bonchev–Trinajstić information content (AvgIpc) is 3.37. The van der Waals surface area contributed by atoms with Gasteiger partial charge in [-0.2, -0.15) is 13.2 Å². The van der Waals surface area contributed by atoms with E-state index in [1.54, 1.807) is 42.7 Å². The van der Waals surface area contributed by atoms with Gasteiger partial charge in [0.15, 0.2) is 0 Å². The van der Waals surface area contributed by atoms with Gasteiger partial charge in [-0.1, -0.05) is 36.3 Å². The topological polar surface area (TPSA) is 67.0 Å². The molecule has 0 saturated heterocycles. The fourth-order valence-corrected chi connectivity index (χ4v) is 3.08. The molecule has 5 nitrogen and oxygen atoms in total. The Kier molecular flexibility index (Phi) is 6.64. The minimum Gasteiger partial charge on any atom is -0.487 e. The van der Waals surface area contributed by atoms with Crippen LogP contribution in [-0.2, 0) is 17.6 Å². The summed E-state index contributed by atoms with van der Waals surface area (Å²) in [4.78, 5) is 19.7. The number of hydrogen-bond donors (Lipinski definition) is 2. The van der Waals surface area contributed by atoms with Gasteiger partial charge in [-0.3, -0.25) is 4.79 Å². The molecule has 0 fully saturated rings. The highest BCUT2D eigenvalue weighted by Crippen LogP contribution is 2.31. The summed E-state index contributed by atoms with van der Waals surface area (Å²) in [6.07, 6.45) is -1.12. The highest BCUT2D eigenvalue weighted by Gasteiger charge is 2.29. The first-order chi connectivity index (χ1) is 16.4. The Morgan fingerprint density at radius 2 is 1.79 bits per heavy atom. The van der Waals surface area contributed by atoms with E-state index < -0.39 is 17.6 Å². The third kappa shape index (κ3) is 5.84. The number of carbonyl (C=O) groups excluding carboxylic acids is 1. The number of hydrogen-bond acceptors (Lipinski definition) is 3. The number of halogens is 3. The Morgan fingerprint density at radius 3 is 2.47 bits per heavy atom. The standard InChI is InChI=1S/C26H18F3N3O2/c27-26(28,29)21-10-6-19(7-11-21)17-34-23-12-9-20(25-30-14-15-31-25)16-22(23)32-24(33)13-8-18-4-2-1-3-5-18/h1-7,9-12,14-16H,17H2,(H,30,31)(H,32,33). The first-order valence-corrected chi connectivity index (χ1v) is 10.2. The van der Waals surface area contributed by atoms with Crippen molar-refractivity contribution in [2.75, 3.05) is 5.32 Å². The highest BCUT2D eigenvalue weighted by atomic mass is 19.4. The van der Waals surface area contributed by atoms with Crippen LogP contribution in [0.2, 0.25) is 0 Å². The van der Waals surface area contributed by atoms with E-state index >= 15 is 0 Å². The molecule has 2 N–H and O–H groups in total. The molecule has 0 radical (unpaired) electrons. The molecule has 0 aliphatic heterocycles. The van der Waals surface area contributed by atoms with E-state index in [0.29, 0.717) is 34.0 Å². The van der Waals surface area contributed by atoms with Gasteiger partial charge in [0.05, 0.1) is 11.3 Å². The molecule has 1 aromatic heterocycles. The molecule has 1 heterocycles. The van der Waals surface area contributed by atoms with Crippen LogP contribution in [0.5, 0.6) is 5.75 Å². The van der Waals surface area contributed by atoms with Crippen molar-refractivity contribution in [3.05, 3.63) is 102 Å². The minimum absolute atomic E-state index is 0.0107. The summed E-state index contributed by atoms with van der Waals surface area (Å²) in [5.41, 5.74) is 1.57. The van der Waals surface area contributed by atoms with Crippen molar-refractivity contribution < 1.29 is 22.7 Å². The van der Waals surface area contributed by atoms with Crippen LogP contribution in [0.15, 0.2) is 85.2 Å². The summed E-state index contributed by atoms with van der Waals surface area (Å²) in [6, 6.07) is 18.9. The van der Waals surface area contributed by atoms with Crippen LogP contribution in [0.4, 0.5) is 18.9 Å². The first-order valence-electron chi connectivity index (χ1n) is 10.2. The molecular weight excluding hydrogens is 443 g/mol. The van der Waals surface area contributed by atoms with E-state index in [4.69, 9.17) is 4.74 Å². The molecule has 0 bridgehead atoms. The van der Waals surface area contributed by atoms with Crippen LogP contribution < -0.4 is 10.1 Å². The molecule has 0 aliphatic rings. The van der Waals surface area contributed by atoms with Crippen LogP contribution in [-0.4, -0.2) is 15.9 Å². The number of imidazole rings is 1.